The van der Waals surface area contributed by atoms with Crippen LogP contribution in [-0.4, -0.2) is 44.8 Å². The summed E-state index contributed by atoms with van der Waals surface area (Å²) in [5.41, 5.74) is 1.45. The van der Waals surface area contributed by atoms with Gasteiger partial charge >= 0.3 is 0 Å². The second kappa shape index (κ2) is 14.5. The summed E-state index contributed by atoms with van der Waals surface area (Å²) in [5, 5.41) is 3.56. The van der Waals surface area contributed by atoms with E-state index in [4.69, 9.17) is 46.4 Å². The molecule has 0 spiro atoms. The van der Waals surface area contributed by atoms with Crippen molar-refractivity contribution in [2.75, 3.05) is 17.9 Å². The van der Waals surface area contributed by atoms with Crippen molar-refractivity contribution in [3.63, 3.8) is 0 Å². The first-order valence-electron chi connectivity index (χ1n) is 13.0. The lowest BCUT2D eigenvalue weighted by atomic mass is 10.0. The lowest BCUT2D eigenvalue weighted by Crippen LogP contribution is -2.53. The minimum Gasteiger partial charge on any atom is -0.357 e. The Morgan fingerprint density at radius 1 is 0.767 bits per heavy atom. The van der Waals surface area contributed by atoms with Crippen molar-refractivity contribution in [2.45, 2.75) is 23.9 Å². The summed E-state index contributed by atoms with van der Waals surface area (Å²) in [6, 6.07) is 25.1. The molecule has 4 rings (SSSR count). The molecule has 43 heavy (non-hydrogen) atoms. The highest BCUT2D eigenvalue weighted by atomic mass is 35.5. The summed E-state index contributed by atoms with van der Waals surface area (Å²) < 4.78 is 28.9. The van der Waals surface area contributed by atoms with Crippen LogP contribution < -0.4 is 9.62 Å². The van der Waals surface area contributed by atoms with Crippen LogP contribution in [0.4, 0.5) is 5.69 Å². The first-order valence-corrected chi connectivity index (χ1v) is 16.0. The van der Waals surface area contributed by atoms with Gasteiger partial charge in [0.1, 0.15) is 12.6 Å². The van der Waals surface area contributed by atoms with Crippen LogP contribution in [0.2, 0.25) is 20.1 Å². The molecule has 12 heteroatoms. The summed E-state index contributed by atoms with van der Waals surface area (Å²) in [5.74, 6) is -1.08. The predicted molar refractivity (Wildman–Crippen MR) is 172 cm³/mol. The smallest absolute Gasteiger partial charge is 0.264 e. The Bertz CT molecular complexity index is 1710. The van der Waals surface area contributed by atoms with E-state index in [2.05, 4.69) is 5.32 Å². The molecule has 4 aromatic rings. The highest BCUT2D eigenvalue weighted by Crippen LogP contribution is 2.33. The SMILES string of the molecule is CNC(=O)[C@H](Cc1ccccc1)N(Cc1ccc(Cl)c(Cl)c1)C(=O)CN(c1ccc(Cl)cc1Cl)S(=O)(=O)c1ccccc1. The molecular weight excluding hydrogens is 652 g/mol. The van der Waals surface area contributed by atoms with E-state index >= 15 is 0 Å². The molecule has 1 atom stereocenters. The number of nitrogens with one attached hydrogen (secondary N) is 1. The lowest BCUT2D eigenvalue weighted by Gasteiger charge is -2.33. The third kappa shape index (κ3) is 8.02. The van der Waals surface area contributed by atoms with E-state index in [0.29, 0.717) is 15.6 Å². The van der Waals surface area contributed by atoms with Gasteiger partial charge < -0.3 is 10.2 Å². The molecule has 0 aliphatic heterocycles. The lowest BCUT2D eigenvalue weighted by molar-refractivity contribution is -0.139. The van der Waals surface area contributed by atoms with Crippen LogP contribution in [0.15, 0.2) is 102 Å². The maximum Gasteiger partial charge on any atom is 0.264 e. The standard InChI is InChI=1S/C31H27Cl4N3O4S/c1-36-31(40)29(17-21-8-4-2-5-9-21)37(19-22-12-14-25(33)26(34)16-22)30(39)20-38(28-15-13-23(32)18-27(28)35)43(41,42)24-10-6-3-7-11-24/h2-16,18,29H,17,19-20H2,1H3,(H,36,40)/t29-/m0/s1. The molecule has 0 aliphatic rings. The largest absolute Gasteiger partial charge is 0.357 e. The summed E-state index contributed by atoms with van der Waals surface area (Å²) in [4.78, 5) is 28.9. The Labute approximate surface area is 271 Å². The van der Waals surface area contributed by atoms with Gasteiger partial charge in [0.05, 0.1) is 25.7 Å². The molecule has 0 aliphatic carbocycles. The summed E-state index contributed by atoms with van der Waals surface area (Å²) in [7, 11) is -2.82. The summed E-state index contributed by atoms with van der Waals surface area (Å²) >= 11 is 25.0. The number of anilines is 1. The van der Waals surface area contributed by atoms with E-state index in [0.717, 1.165) is 9.87 Å². The minimum absolute atomic E-state index is 0.0305. The third-order valence-corrected chi connectivity index (χ3v) is 9.69. The van der Waals surface area contributed by atoms with Crippen LogP contribution >= 0.6 is 46.4 Å². The van der Waals surface area contributed by atoms with Crippen molar-refractivity contribution < 1.29 is 18.0 Å². The van der Waals surface area contributed by atoms with E-state index in [-0.39, 0.29) is 33.6 Å². The van der Waals surface area contributed by atoms with Crippen molar-refractivity contribution in [2.24, 2.45) is 0 Å². The van der Waals surface area contributed by atoms with Gasteiger partial charge in [0.15, 0.2) is 0 Å². The second-order valence-corrected chi connectivity index (χ2v) is 13.0. The molecule has 0 fully saturated rings. The molecule has 0 saturated carbocycles. The van der Waals surface area contributed by atoms with Crippen LogP contribution in [0, 0.1) is 0 Å². The Morgan fingerprint density at radius 3 is 2.02 bits per heavy atom. The molecule has 7 nitrogen and oxygen atoms in total. The number of likely N-dealkylation sites (N-methyl/N-ethyl adjacent to an activating group) is 1. The Kier molecular flexibility index (Phi) is 11.0. The summed E-state index contributed by atoms with van der Waals surface area (Å²) in [6.07, 6.45) is 0.167. The molecular formula is C31H27Cl4N3O4S. The van der Waals surface area contributed by atoms with E-state index in [1.807, 2.05) is 30.3 Å². The van der Waals surface area contributed by atoms with E-state index in [9.17, 15) is 18.0 Å². The fourth-order valence-electron chi connectivity index (χ4n) is 4.47. The quantitative estimate of drug-likeness (QED) is 0.187. The molecule has 0 bridgehead atoms. The average molecular weight is 679 g/mol. The van der Waals surface area contributed by atoms with Gasteiger partial charge in [-0.15, -0.1) is 0 Å². The molecule has 0 aromatic heterocycles. The van der Waals surface area contributed by atoms with E-state index in [1.165, 1.54) is 42.3 Å². The molecule has 1 N–H and O–H groups in total. The van der Waals surface area contributed by atoms with Gasteiger partial charge in [-0.25, -0.2) is 8.42 Å². The second-order valence-electron chi connectivity index (χ2n) is 9.51. The number of sulfonamides is 1. The zero-order valence-electron chi connectivity index (χ0n) is 22.9. The number of hydrogen-bond donors (Lipinski definition) is 1. The zero-order chi connectivity index (χ0) is 31.1. The fraction of sp³-hybridized carbons (Fsp3) is 0.161. The molecule has 0 saturated heterocycles. The van der Waals surface area contributed by atoms with Gasteiger partial charge in [-0.2, -0.15) is 0 Å². The van der Waals surface area contributed by atoms with Gasteiger partial charge in [0.2, 0.25) is 11.8 Å². The maximum absolute atomic E-state index is 14.3. The highest BCUT2D eigenvalue weighted by molar-refractivity contribution is 7.92. The number of rotatable bonds is 11. The molecule has 0 radical (unpaired) electrons. The van der Waals surface area contributed by atoms with Gasteiger partial charge in [-0.05, 0) is 53.6 Å². The molecule has 0 unspecified atom stereocenters. The minimum atomic E-state index is -4.29. The van der Waals surface area contributed by atoms with Gasteiger partial charge in [-0.1, -0.05) is 101 Å². The van der Waals surface area contributed by atoms with Crippen molar-refractivity contribution in [1.29, 1.82) is 0 Å². The van der Waals surface area contributed by atoms with Crippen LogP contribution in [0.5, 0.6) is 0 Å². The number of carbonyl (C=O) groups excluding carboxylic acids is 2. The predicted octanol–water partition coefficient (Wildman–Crippen LogP) is 6.88. The molecule has 0 heterocycles. The van der Waals surface area contributed by atoms with Crippen LogP contribution in [-0.2, 0) is 32.6 Å². The van der Waals surface area contributed by atoms with Crippen molar-refractivity contribution in [1.82, 2.24) is 10.2 Å². The third-order valence-electron chi connectivity index (χ3n) is 6.64. The number of carbonyl (C=O) groups is 2. The first-order chi connectivity index (χ1) is 20.5. The monoisotopic (exact) mass is 677 g/mol. The van der Waals surface area contributed by atoms with Gasteiger partial charge in [0, 0.05) is 25.0 Å². The van der Waals surface area contributed by atoms with Crippen molar-refractivity contribution in [3.8, 4) is 0 Å². The van der Waals surface area contributed by atoms with Crippen molar-refractivity contribution >= 4 is 73.9 Å². The fourth-order valence-corrected chi connectivity index (χ4v) is 6.81. The number of halogens is 4. The Morgan fingerprint density at radius 2 is 1.42 bits per heavy atom. The van der Waals surface area contributed by atoms with Gasteiger partial charge in [-0.3, -0.25) is 13.9 Å². The first kappa shape index (κ1) is 32.6. The maximum atomic E-state index is 14.3. The number of nitrogens with zero attached hydrogens (tertiary/aromatic N) is 2. The molecule has 4 aromatic carbocycles. The number of benzene rings is 4. The normalized spacial score (nSPS) is 11.9. The van der Waals surface area contributed by atoms with Crippen LogP contribution in [0.1, 0.15) is 11.1 Å². The number of hydrogen-bond acceptors (Lipinski definition) is 4. The average Bonchev–Trinajstić information content (AvgIpc) is 3.00. The molecule has 2 amide bonds. The molecule has 224 valence electrons. The highest BCUT2D eigenvalue weighted by Gasteiger charge is 2.35. The number of amides is 2. The van der Waals surface area contributed by atoms with Crippen LogP contribution in [0.25, 0.3) is 0 Å². The van der Waals surface area contributed by atoms with Gasteiger partial charge in [0.25, 0.3) is 10.0 Å². The topological polar surface area (TPSA) is 86.8 Å². The summed E-state index contributed by atoms with van der Waals surface area (Å²) in [6.45, 7) is -0.726. The van der Waals surface area contributed by atoms with Crippen LogP contribution in [0.3, 0.4) is 0 Å². The van der Waals surface area contributed by atoms with Crippen molar-refractivity contribution in [3.05, 3.63) is 128 Å². The zero-order valence-corrected chi connectivity index (χ0v) is 26.7. The Hall–Kier alpha value is -3.27. The Balaban J connectivity index is 1.82. The van der Waals surface area contributed by atoms with E-state index < -0.39 is 34.4 Å². The van der Waals surface area contributed by atoms with E-state index in [1.54, 1.807) is 36.4 Å².